The Bertz CT molecular complexity index is 1350. The number of aliphatic hydroxyl groups excluding tert-OH is 2. The Morgan fingerprint density at radius 3 is 2.66 bits per heavy atom. The number of aromatic nitrogens is 2. The number of carbonyl (C=O) groups is 2. The number of pyridine rings is 1. The number of anilines is 2. The molecule has 2 aliphatic rings. The second-order valence-electron chi connectivity index (χ2n) is 10.8. The number of hydrogen-bond acceptors (Lipinski definition) is 7. The summed E-state index contributed by atoms with van der Waals surface area (Å²) in [4.78, 5) is 35.9. The van der Waals surface area contributed by atoms with Gasteiger partial charge in [0.25, 0.3) is 5.91 Å². The Kier molecular flexibility index (Phi) is 7.30. The second-order valence-corrected chi connectivity index (χ2v) is 12.3. The first-order valence-corrected chi connectivity index (χ1v) is 13.9. The van der Waals surface area contributed by atoms with E-state index in [4.69, 9.17) is 16.6 Å². The molecule has 3 aromatic rings. The highest BCUT2D eigenvalue weighted by Crippen LogP contribution is 2.62. The number of amides is 2. The Morgan fingerprint density at radius 1 is 1.18 bits per heavy atom. The predicted molar refractivity (Wildman–Crippen MR) is 147 cm³/mol. The summed E-state index contributed by atoms with van der Waals surface area (Å²) >= 11 is 7.33. The van der Waals surface area contributed by atoms with E-state index in [2.05, 4.69) is 22.5 Å². The maximum absolute atomic E-state index is 13.3. The van der Waals surface area contributed by atoms with Crippen molar-refractivity contribution in [1.82, 2.24) is 9.97 Å². The van der Waals surface area contributed by atoms with Crippen LogP contribution in [-0.4, -0.2) is 44.7 Å². The zero-order chi connectivity index (χ0) is 27.1. The SMILES string of the molecule is C[C@]1(CO)[C@H]2Cc3sc(NC(=O)c4ccnc(Cl)c4)nc3[C@@H](CC(=O)Nc3ccccc3)[C@]2(C)CC[C@H]1O. The van der Waals surface area contributed by atoms with Crippen molar-refractivity contribution < 1.29 is 19.8 Å². The van der Waals surface area contributed by atoms with Crippen LogP contribution in [0.3, 0.4) is 0 Å². The number of halogens is 1. The van der Waals surface area contributed by atoms with Crippen molar-refractivity contribution in [2.75, 3.05) is 17.2 Å². The van der Waals surface area contributed by atoms with Gasteiger partial charge in [0.05, 0.1) is 18.4 Å². The standard InChI is InChI=1S/C28H31ClN4O4S/c1-27-10-8-21(35)28(2,15-34)20(27)14-19-24(18(27)13-23(36)31-17-6-4-3-5-7-17)32-26(38-19)33-25(37)16-9-11-30-22(29)12-16/h3-7,9,11-12,18,20-21,34-35H,8,10,13-15H2,1-2H3,(H,31,36)(H,32,33,37)/t18-,20+,21-,27+,28+/m1/s1. The Morgan fingerprint density at radius 2 is 1.95 bits per heavy atom. The summed E-state index contributed by atoms with van der Waals surface area (Å²) < 4.78 is 0. The molecule has 1 saturated carbocycles. The first-order chi connectivity index (χ1) is 18.1. The molecule has 2 heterocycles. The van der Waals surface area contributed by atoms with Crippen LogP contribution in [0.25, 0.3) is 0 Å². The molecule has 2 aromatic heterocycles. The fourth-order valence-corrected chi connectivity index (χ4v) is 7.57. The third-order valence-corrected chi connectivity index (χ3v) is 9.77. The van der Waals surface area contributed by atoms with Crippen LogP contribution in [-0.2, 0) is 11.2 Å². The smallest absolute Gasteiger partial charge is 0.257 e. The molecule has 5 atom stereocenters. The number of carbonyl (C=O) groups excluding carboxylic acids is 2. The van der Waals surface area contributed by atoms with E-state index in [9.17, 15) is 19.8 Å². The fraction of sp³-hybridized carbons (Fsp3) is 0.429. The molecule has 10 heteroatoms. The zero-order valence-corrected chi connectivity index (χ0v) is 22.9. The van der Waals surface area contributed by atoms with Crippen LogP contribution < -0.4 is 10.6 Å². The lowest BCUT2D eigenvalue weighted by Crippen LogP contribution is -2.57. The number of benzene rings is 1. The second kappa shape index (κ2) is 10.4. The number of hydrogen-bond donors (Lipinski definition) is 4. The number of para-hydroxylation sites is 1. The minimum Gasteiger partial charge on any atom is -0.396 e. The molecule has 1 fully saturated rings. The summed E-state index contributed by atoms with van der Waals surface area (Å²) in [5, 5.41) is 27.9. The molecule has 0 saturated heterocycles. The maximum atomic E-state index is 13.3. The van der Waals surface area contributed by atoms with E-state index < -0.39 is 11.5 Å². The van der Waals surface area contributed by atoms with Gasteiger partial charge in [0.15, 0.2) is 5.13 Å². The normalized spacial score (nSPS) is 28.2. The monoisotopic (exact) mass is 554 g/mol. The third-order valence-electron chi connectivity index (χ3n) is 8.55. The van der Waals surface area contributed by atoms with Crippen molar-refractivity contribution in [2.45, 2.75) is 51.6 Å². The molecule has 2 aliphatic carbocycles. The molecule has 0 radical (unpaired) electrons. The highest BCUT2D eigenvalue weighted by atomic mass is 35.5. The lowest BCUT2D eigenvalue weighted by atomic mass is 9.47. The van der Waals surface area contributed by atoms with Crippen molar-refractivity contribution >= 4 is 45.6 Å². The number of nitrogens with one attached hydrogen (secondary N) is 2. The van der Waals surface area contributed by atoms with Crippen LogP contribution in [0, 0.1) is 16.7 Å². The van der Waals surface area contributed by atoms with Crippen LogP contribution in [0.4, 0.5) is 10.8 Å². The van der Waals surface area contributed by atoms with Crippen LogP contribution in [0.1, 0.15) is 60.0 Å². The first kappa shape index (κ1) is 26.7. The van der Waals surface area contributed by atoms with E-state index in [1.54, 1.807) is 6.07 Å². The van der Waals surface area contributed by atoms with E-state index in [1.165, 1.54) is 23.6 Å². The number of aliphatic hydroxyl groups is 2. The molecular formula is C28H31ClN4O4S. The summed E-state index contributed by atoms with van der Waals surface area (Å²) in [6.07, 6.45) is 2.86. The van der Waals surface area contributed by atoms with Crippen molar-refractivity contribution in [1.29, 1.82) is 0 Å². The van der Waals surface area contributed by atoms with E-state index >= 15 is 0 Å². The van der Waals surface area contributed by atoms with Gasteiger partial charge in [0.1, 0.15) is 5.15 Å². The highest BCUT2D eigenvalue weighted by Gasteiger charge is 2.59. The third kappa shape index (κ3) is 4.84. The van der Waals surface area contributed by atoms with E-state index in [-0.39, 0.29) is 47.2 Å². The van der Waals surface area contributed by atoms with Gasteiger partial charge in [0.2, 0.25) is 5.91 Å². The van der Waals surface area contributed by atoms with Crippen LogP contribution in [0.2, 0.25) is 5.15 Å². The number of thiazole rings is 1. The lowest BCUT2D eigenvalue weighted by molar-refractivity contribution is -0.143. The zero-order valence-electron chi connectivity index (χ0n) is 21.3. The predicted octanol–water partition coefficient (Wildman–Crippen LogP) is 4.89. The molecule has 5 rings (SSSR count). The topological polar surface area (TPSA) is 124 Å². The number of fused-ring (bicyclic) bond motifs is 2. The molecule has 0 spiro atoms. The highest BCUT2D eigenvalue weighted by molar-refractivity contribution is 7.15. The molecule has 0 aliphatic heterocycles. The number of nitrogens with zero attached hydrogens (tertiary/aromatic N) is 2. The minimum absolute atomic E-state index is 0.0752. The molecule has 0 unspecified atom stereocenters. The molecular weight excluding hydrogens is 524 g/mol. The molecule has 200 valence electrons. The summed E-state index contributed by atoms with van der Waals surface area (Å²) in [6, 6.07) is 12.4. The van der Waals surface area contributed by atoms with E-state index in [0.717, 1.165) is 16.3 Å². The fourth-order valence-electron chi connectivity index (χ4n) is 6.33. The van der Waals surface area contributed by atoms with Crippen molar-refractivity contribution in [2.24, 2.45) is 16.7 Å². The van der Waals surface area contributed by atoms with Crippen LogP contribution >= 0.6 is 22.9 Å². The molecule has 4 N–H and O–H groups in total. The van der Waals surface area contributed by atoms with Gasteiger partial charge in [-0.2, -0.15) is 0 Å². The molecule has 2 amide bonds. The van der Waals surface area contributed by atoms with Gasteiger partial charge in [-0.25, -0.2) is 9.97 Å². The van der Waals surface area contributed by atoms with Crippen molar-refractivity contribution in [3.63, 3.8) is 0 Å². The molecule has 8 nitrogen and oxygen atoms in total. The van der Waals surface area contributed by atoms with Gasteiger partial charge < -0.3 is 15.5 Å². The van der Waals surface area contributed by atoms with Crippen LogP contribution in [0.15, 0.2) is 48.7 Å². The minimum atomic E-state index is -0.722. The Hall–Kier alpha value is -2.85. The van der Waals surface area contributed by atoms with Gasteiger partial charge in [-0.3, -0.25) is 14.9 Å². The lowest BCUT2D eigenvalue weighted by Gasteiger charge is -2.58. The van der Waals surface area contributed by atoms with Crippen LogP contribution in [0.5, 0.6) is 0 Å². The quantitative estimate of drug-likeness (QED) is 0.322. The summed E-state index contributed by atoms with van der Waals surface area (Å²) in [7, 11) is 0. The summed E-state index contributed by atoms with van der Waals surface area (Å²) in [5.74, 6) is -0.807. The van der Waals surface area contributed by atoms with Gasteiger partial charge in [0, 0.05) is 40.1 Å². The van der Waals surface area contributed by atoms with Crippen molar-refractivity contribution in [3.8, 4) is 0 Å². The van der Waals surface area contributed by atoms with E-state index in [0.29, 0.717) is 30.0 Å². The average Bonchev–Trinajstić information content (AvgIpc) is 3.30. The average molecular weight is 555 g/mol. The van der Waals surface area contributed by atoms with E-state index in [1.807, 2.05) is 37.3 Å². The van der Waals surface area contributed by atoms with Gasteiger partial charge >= 0.3 is 0 Å². The van der Waals surface area contributed by atoms with Gasteiger partial charge in [-0.1, -0.05) is 43.6 Å². The Labute approximate surface area is 230 Å². The van der Waals surface area contributed by atoms with Crippen molar-refractivity contribution in [3.05, 3.63) is 69.9 Å². The van der Waals surface area contributed by atoms with Gasteiger partial charge in [-0.05, 0) is 54.9 Å². The summed E-state index contributed by atoms with van der Waals surface area (Å²) in [6.45, 7) is 3.93. The Balaban J connectivity index is 1.49. The first-order valence-electron chi connectivity index (χ1n) is 12.7. The maximum Gasteiger partial charge on any atom is 0.257 e. The molecule has 1 aromatic carbocycles. The number of rotatable bonds is 6. The summed E-state index contributed by atoms with van der Waals surface area (Å²) in [5.41, 5.74) is 0.785. The molecule has 38 heavy (non-hydrogen) atoms. The van der Waals surface area contributed by atoms with Gasteiger partial charge in [-0.15, -0.1) is 11.3 Å². The molecule has 0 bridgehead atoms. The largest absolute Gasteiger partial charge is 0.396 e.